The number of hydrogen-bond acceptors (Lipinski definition) is 5. The lowest BCUT2D eigenvalue weighted by atomic mass is 9.76. The molecule has 3 unspecified atom stereocenters. The maximum Gasteiger partial charge on any atom is 0.159 e. The number of nitrogens with one attached hydrogen (secondary N) is 1. The molecule has 2 aromatic rings. The Morgan fingerprint density at radius 2 is 2.06 bits per heavy atom. The maximum absolute atomic E-state index is 6.23. The largest absolute Gasteiger partial charge is 0.394 e. The van der Waals surface area contributed by atoms with E-state index in [0.717, 1.165) is 24.1 Å². The summed E-state index contributed by atoms with van der Waals surface area (Å²) in [5, 5.41) is 3.45. The van der Waals surface area contributed by atoms with Gasteiger partial charge in [0, 0.05) is 29.3 Å². The number of nitrogens with zero attached hydrogens (tertiary/aromatic N) is 3. The third-order valence-electron chi connectivity index (χ3n) is 6.33. The summed E-state index contributed by atoms with van der Waals surface area (Å²) in [5.74, 6) is 1.88. The van der Waals surface area contributed by atoms with E-state index in [1.165, 1.54) is 16.7 Å². The van der Waals surface area contributed by atoms with E-state index in [0.29, 0.717) is 17.3 Å². The number of aromatic nitrogens is 2. The lowest BCUT2D eigenvalue weighted by molar-refractivity contribution is 0.548. The normalized spacial score (nSPS) is 21.2. The lowest BCUT2D eigenvalue weighted by Gasteiger charge is -2.31. The molecule has 1 aliphatic heterocycles. The highest BCUT2D eigenvalue weighted by Crippen LogP contribution is 2.39. The number of hydrogen-bond donors (Lipinski definition) is 2. The van der Waals surface area contributed by atoms with Gasteiger partial charge in [-0.2, -0.15) is 0 Å². The molecule has 2 heterocycles. The smallest absolute Gasteiger partial charge is 0.159 e. The van der Waals surface area contributed by atoms with Gasteiger partial charge in [0.05, 0.1) is 17.9 Å². The molecule has 0 amide bonds. The van der Waals surface area contributed by atoms with Crippen molar-refractivity contribution in [1.29, 1.82) is 0 Å². The van der Waals surface area contributed by atoms with Crippen molar-refractivity contribution < 1.29 is 0 Å². The van der Waals surface area contributed by atoms with E-state index < -0.39 is 0 Å². The van der Waals surface area contributed by atoms with E-state index >= 15 is 0 Å². The minimum atomic E-state index is 0.0729. The standard InChI is InChI=1S/C27H31N5/c1-5-9-20-12-13-22-18(3)25(17(2)14-20)29-15-23(22)26-30-16-24(28)27(32-26)31-19(4)21-10-7-6-8-11-21/h5-8,10-12,14-16,18-19,22H,1,9,13,28H2,2-4H3,(H,30,31,32). The number of nitrogen functional groups attached to an aromatic ring is 1. The second kappa shape index (κ2) is 9.35. The van der Waals surface area contributed by atoms with E-state index in [1.54, 1.807) is 6.20 Å². The van der Waals surface area contributed by atoms with Crippen LogP contribution in [0, 0.1) is 11.8 Å². The van der Waals surface area contributed by atoms with Gasteiger partial charge >= 0.3 is 0 Å². The van der Waals surface area contributed by atoms with Crippen LogP contribution in [0.3, 0.4) is 0 Å². The molecule has 0 saturated heterocycles. The average molecular weight is 426 g/mol. The van der Waals surface area contributed by atoms with Gasteiger partial charge in [-0.05, 0) is 43.4 Å². The Bertz CT molecular complexity index is 1120. The van der Waals surface area contributed by atoms with E-state index in [1.807, 2.05) is 30.5 Å². The third kappa shape index (κ3) is 4.42. The zero-order valence-electron chi connectivity index (χ0n) is 19.0. The maximum atomic E-state index is 6.23. The first kappa shape index (κ1) is 21.8. The Labute approximate surface area is 190 Å². The van der Waals surface area contributed by atoms with Gasteiger partial charge in [0.2, 0.25) is 0 Å². The van der Waals surface area contributed by atoms with Crippen molar-refractivity contribution in [2.45, 2.75) is 39.7 Å². The summed E-state index contributed by atoms with van der Waals surface area (Å²) in [4.78, 5) is 14.3. The van der Waals surface area contributed by atoms with Crippen LogP contribution in [-0.2, 0) is 0 Å². The van der Waals surface area contributed by atoms with Gasteiger partial charge in [0.15, 0.2) is 11.6 Å². The first-order valence-electron chi connectivity index (χ1n) is 11.2. The summed E-state index contributed by atoms with van der Waals surface area (Å²) in [6.45, 7) is 10.4. The van der Waals surface area contributed by atoms with Crippen molar-refractivity contribution in [3.8, 4) is 0 Å². The topological polar surface area (TPSA) is 76.2 Å². The zero-order valence-corrected chi connectivity index (χ0v) is 19.0. The minimum absolute atomic E-state index is 0.0729. The SMILES string of the molecule is C=CCC1=CCC2C(c3ncc(N)c(NC(C)c4ccccc4)n3)=CN=C(C(C)=C1)C2C. The highest BCUT2D eigenvalue weighted by molar-refractivity contribution is 6.04. The van der Waals surface area contributed by atoms with Crippen LogP contribution in [0.4, 0.5) is 11.5 Å². The molecule has 2 aliphatic rings. The molecular formula is C27H31N5. The quantitative estimate of drug-likeness (QED) is 0.546. The second-order valence-corrected chi connectivity index (χ2v) is 8.60. The van der Waals surface area contributed by atoms with Crippen molar-refractivity contribution in [3.05, 3.63) is 90.1 Å². The molecule has 0 spiro atoms. The molecule has 0 saturated carbocycles. The van der Waals surface area contributed by atoms with Gasteiger partial charge in [-0.25, -0.2) is 9.97 Å². The first-order valence-corrected chi connectivity index (χ1v) is 11.2. The van der Waals surface area contributed by atoms with E-state index in [2.05, 4.69) is 61.9 Å². The van der Waals surface area contributed by atoms with Gasteiger partial charge < -0.3 is 11.1 Å². The van der Waals surface area contributed by atoms with Gasteiger partial charge in [0.25, 0.3) is 0 Å². The molecule has 0 radical (unpaired) electrons. The molecule has 3 N–H and O–H groups in total. The number of allylic oxidation sites excluding steroid dienone is 6. The number of fused-ring (bicyclic) bond motifs is 2. The van der Waals surface area contributed by atoms with Gasteiger partial charge in [-0.3, -0.25) is 4.99 Å². The monoisotopic (exact) mass is 425 g/mol. The molecule has 164 valence electrons. The van der Waals surface area contributed by atoms with Crippen LogP contribution >= 0.6 is 0 Å². The van der Waals surface area contributed by atoms with Gasteiger partial charge in [-0.15, -0.1) is 6.58 Å². The fourth-order valence-electron chi connectivity index (χ4n) is 4.50. The third-order valence-corrected chi connectivity index (χ3v) is 6.33. The van der Waals surface area contributed by atoms with Crippen LogP contribution in [0.1, 0.15) is 51.0 Å². The molecule has 5 heteroatoms. The van der Waals surface area contributed by atoms with Crippen LogP contribution in [0.5, 0.6) is 0 Å². The highest BCUT2D eigenvalue weighted by atomic mass is 15.1. The molecule has 1 aromatic heterocycles. The number of anilines is 2. The summed E-state index contributed by atoms with van der Waals surface area (Å²) in [7, 11) is 0. The Morgan fingerprint density at radius 1 is 1.28 bits per heavy atom. The van der Waals surface area contributed by atoms with Crippen LogP contribution in [-0.4, -0.2) is 15.7 Å². The minimum Gasteiger partial charge on any atom is -0.394 e. The summed E-state index contributed by atoms with van der Waals surface area (Å²) in [6, 6.07) is 10.3. The second-order valence-electron chi connectivity index (χ2n) is 8.60. The molecule has 5 nitrogen and oxygen atoms in total. The fraction of sp³-hybridized carbons (Fsp3) is 0.296. The molecule has 4 rings (SSSR count). The molecular weight excluding hydrogens is 394 g/mol. The van der Waals surface area contributed by atoms with E-state index in [9.17, 15) is 0 Å². The Kier molecular flexibility index (Phi) is 6.35. The fourth-order valence-corrected chi connectivity index (χ4v) is 4.50. The molecule has 1 aliphatic carbocycles. The first-order chi connectivity index (χ1) is 15.5. The Morgan fingerprint density at radius 3 is 2.81 bits per heavy atom. The number of benzene rings is 1. The Balaban J connectivity index is 1.67. The number of nitrogens with two attached hydrogens (primary N) is 1. The molecule has 0 fully saturated rings. The molecule has 3 atom stereocenters. The van der Waals surface area contributed by atoms with Crippen LogP contribution in [0.25, 0.3) is 5.57 Å². The van der Waals surface area contributed by atoms with Crippen molar-refractivity contribution in [1.82, 2.24) is 9.97 Å². The summed E-state index contributed by atoms with van der Waals surface area (Å²) in [6.07, 6.45) is 11.9. The average Bonchev–Trinajstić information content (AvgIpc) is 2.79. The van der Waals surface area contributed by atoms with Gasteiger partial charge in [-0.1, -0.05) is 55.5 Å². The van der Waals surface area contributed by atoms with Crippen molar-refractivity contribution in [2.24, 2.45) is 16.8 Å². The van der Waals surface area contributed by atoms with Crippen LogP contribution in [0.2, 0.25) is 0 Å². The summed E-state index contributed by atoms with van der Waals surface area (Å²) >= 11 is 0. The van der Waals surface area contributed by atoms with Crippen LogP contribution in [0.15, 0.2) is 83.7 Å². The highest BCUT2D eigenvalue weighted by Gasteiger charge is 2.32. The van der Waals surface area contributed by atoms with Crippen molar-refractivity contribution in [2.75, 3.05) is 11.1 Å². The lowest BCUT2D eigenvalue weighted by Crippen LogP contribution is -2.27. The summed E-state index contributed by atoms with van der Waals surface area (Å²) < 4.78 is 0. The molecule has 2 bridgehead atoms. The number of rotatable bonds is 6. The predicted octanol–water partition coefficient (Wildman–Crippen LogP) is 6.13. The Hall–Kier alpha value is -3.47. The van der Waals surface area contributed by atoms with Crippen molar-refractivity contribution in [3.63, 3.8) is 0 Å². The van der Waals surface area contributed by atoms with E-state index in [4.69, 9.17) is 15.7 Å². The predicted molar refractivity (Wildman–Crippen MR) is 134 cm³/mol. The summed E-state index contributed by atoms with van der Waals surface area (Å²) in [5.41, 5.74) is 12.6. The molecule has 32 heavy (non-hydrogen) atoms. The zero-order chi connectivity index (χ0) is 22.7. The van der Waals surface area contributed by atoms with Crippen molar-refractivity contribution >= 4 is 22.8 Å². The molecule has 1 aromatic carbocycles. The van der Waals surface area contributed by atoms with E-state index in [-0.39, 0.29) is 17.9 Å². The number of aliphatic imine (C=N–C) groups is 1. The van der Waals surface area contributed by atoms with Gasteiger partial charge in [0.1, 0.15) is 0 Å². The van der Waals surface area contributed by atoms with Crippen LogP contribution < -0.4 is 11.1 Å².